The van der Waals surface area contributed by atoms with Crippen molar-refractivity contribution in [3.05, 3.63) is 52.6 Å². The lowest BCUT2D eigenvalue weighted by Crippen LogP contribution is -2.58. The summed E-state index contributed by atoms with van der Waals surface area (Å²) in [6.45, 7) is 14.7. The monoisotopic (exact) mass is 491 g/mol. The Morgan fingerprint density at radius 3 is 2.53 bits per heavy atom. The molecule has 0 unspecified atom stereocenters. The fourth-order valence-corrected chi connectivity index (χ4v) is 6.57. The molecule has 3 heterocycles. The number of ether oxygens (including phenoxy) is 1. The Morgan fingerprint density at radius 2 is 1.83 bits per heavy atom. The minimum absolute atomic E-state index is 0.0551. The molecule has 2 aliphatic heterocycles. The third-order valence-electron chi connectivity index (χ3n) is 8.98. The number of carboxylic acids is 1. The van der Waals surface area contributed by atoms with Gasteiger partial charge >= 0.3 is 5.97 Å². The van der Waals surface area contributed by atoms with Crippen LogP contribution in [0.15, 0.2) is 30.3 Å². The van der Waals surface area contributed by atoms with Gasteiger partial charge in [0.15, 0.2) is 0 Å². The largest absolute Gasteiger partial charge is 0.481 e. The molecular weight excluding hydrogens is 450 g/mol. The average Bonchev–Trinajstić information content (AvgIpc) is 2.78. The van der Waals surface area contributed by atoms with E-state index in [0.717, 1.165) is 44.8 Å². The molecule has 0 amide bonds. The maximum absolute atomic E-state index is 11.5. The van der Waals surface area contributed by atoms with Crippen LogP contribution < -0.4 is 9.64 Å². The first kappa shape index (κ1) is 25.1. The minimum atomic E-state index is -0.639. The Bertz CT molecular complexity index is 1120. The van der Waals surface area contributed by atoms with Gasteiger partial charge in [0.1, 0.15) is 11.9 Å². The summed E-state index contributed by atoms with van der Waals surface area (Å²) in [7, 11) is 0. The van der Waals surface area contributed by atoms with Gasteiger partial charge < -0.3 is 19.6 Å². The molecule has 6 nitrogen and oxygen atoms in total. The summed E-state index contributed by atoms with van der Waals surface area (Å²) in [6, 6.07) is 11.0. The van der Waals surface area contributed by atoms with Gasteiger partial charge in [-0.3, -0.25) is 4.79 Å². The molecule has 1 N–H and O–H groups in total. The molecule has 0 bridgehead atoms. The normalized spacial score (nSPS) is 27.8. The summed E-state index contributed by atoms with van der Waals surface area (Å²) in [5.41, 5.74) is 4.38. The van der Waals surface area contributed by atoms with Gasteiger partial charge in [-0.2, -0.15) is 4.98 Å². The van der Waals surface area contributed by atoms with Crippen molar-refractivity contribution in [3.8, 4) is 5.88 Å². The van der Waals surface area contributed by atoms with E-state index in [1.165, 1.54) is 35.1 Å². The van der Waals surface area contributed by atoms with Crippen molar-refractivity contribution < 1.29 is 14.6 Å². The molecule has 1 saturated carbocycles. The predicted molar refractivity (Wildman–Crippen MR) is 143 cm³/mol. The van der Waals surface area contributed by atoms with Crippen molar-refractivity contribution in [3.63, 3.8) is 0 Å². The number of aryl methyl sites for hydroxylation is 3. The van der Waals surface area contributed by atoms with Crippen LogP contribution in [0.1, 0.15) is 67.9 Å². The SMILES string of the molecule is Cc1ccc([C@@H](C)Oc2ccc(C)c(N3CC([C@H]4CCCN(C5CC(C)(C(=O)O)C5)C4)C3)n2)c(C)c1. The molecule has 2 aromatic rings. The lowest BCUT2D eigenvalue weighted by Gasteiger charge is -2.52. The second kappa shape index (κ2) is 9.70. The van der Waals surface area contributed by atoms with Crippen LogP contribution in [0.4, 0.5) is 5.82 Å². The molecule has 2 saturated heterocycles. The summed E-state index contributed by atoms with van der Waals surface area (Å²) in [5, 5.41) is 9.46. The number of aliphatic carboxylic acids is 1. The van der Waals surface area contributed by atoms with Crippen LogP contribution in [0, 0.1) is 38.0 Å². The highest BCUT2D eigenvalue weighted by Crippen LogP contribution is 2.45. The molecule has 1 aliphatic carbocycles. The lowest BCUT2D eigenvalue weighted by atomic mass is 9.65. The van der Waals surface area contributed by atoms with E-state index in [1.807, 2.05) is 13.0 Å². The van der Waals surface area contributed by atoms with Crippen molar-refractivity contribution >= 4 is 11.8 Å². The van der Waals surface area contributed by atoms with E-state index in [9.17, 15) is 9.90 Å². The smallest absolute Gasteiger partial charge is 0.309 e. The zero-order valence-electron chi connectivity index (χ0n) is 22.5. The van der Waals surface area contributed by atoms with E-state index < -0.39 is 11.4 Å². The lowest BCUT2D eigenvalue weighted by molar-refractivity contribution is -0.158. The number of rotatable bonds is 7. The van der Waals surface area contributed by atoms with Crippen LogP contribution in [-0.4, -0.2) is 53.2 Å². The number of pyridine rings is 1. The number of aromatic nitrogens is 1. The van der Waals surface area contributed by atoms with Crippen LogP contribution in [0.2, 0.25) is 0 Å². The minimum Gasteiger partial charge on any atom is -0.481 e. The molecule has 194 valence electrons. The Kier molecular flexibility index (Phi) is 6.75. The molecule has 0 radical (unpaired) electrons. The highest BCUT2D eigenvalue weighted by atomic mass is 16.5. The number of hydrogen-bond donors (Lipinski definition) is 1. The van der Waals surface area contributed by atoms with Crippen molar-refractivity contribution in [1.29, 1.82) is 0 Å². The van der Waals surface area contributed by atoms with Gasteiger partial charge in [0.05, 0.1) is 5.41 Å². The van der Waals surface area contributed by atoms with Crippen molar-refractivity contribution in [1.82, 2.24) is 9.88 Å². The molecule has 0 spiro atoms. The van der Waals surface area contributed by atoms with Crippen LogP contribution in [0.3, 0.4) is 0 Å². The number of benzene rings is 1. The van der Waals surface area contributed by atoms with Crippen LogP contribution >= 0.6 is 0 Å². The van der Waals surface area contributed by atoms with E-state index >= 15 is 0 Å². The quantitative estimate of drug-likeness (QED) is 0.548. The van der Waals surface area contributed by atoms with E-state index in [4.69, 9.17) is 9.72 Å². The summed E-state index contributed by atoms with van der Waals surface area (Å²) in [6.07, 6.45) is 4.03. The Balaban J connectivity index is 1.17. The summed E-state index contributed by atoms with van der Waals surface area (Å²) in [5.74, 6) is 2.45. The molecule has 6 heteroatoms. The maximum Gasteiger partial charge on any atom is 0.309 e. The Hall–Kier alpha value is -2.60. The molecule has 2 atom stereocenters. The number of anilines is 1. The average molecular weight is 492 g/mol. The number of likely N-dealkylation sites (tertiary alicyclic amines) is 1. The van der Waals surface area contributed by atoms with Crippen molar-refractivity contribution in [2.75, 3.05) is 31.1 Å². The fraction of sp³-hybridized carbons (Fsp3) is 0.600. The van der Waals surface area contributed by atoms with E-state index in [-0.39, 0.29) is 6.10 Å². The zero-order chi connectivity index (χ0) is 25.6. The van der Waals surface area contributed by atoms with Crippen LogP contribution in [0.25, 0.3) is 0 Å². The number of piperidine rings is 1. The van der Waals surface area contributed by atoms with Gasteiger partial charge in [0, 0.05) is 31.7 Å². The number of hydrogen-bond acceptors (Lipinski definition) is 5. The highest BCUT2D eigenvalue weighted by molar-refractivity contribution is 5.75. The van der Waals surface area contributed by atoms with Gasteiger partial charge in [-0.05, 0) is 95.4 Å². The second-order valence-electron chi connectivity index (χ2n) is 11.9. The molecule has 3 fully saturated rings. The third-order valence-corrected chi connectivity index (χ3v) is 8.98. The molecule has 5 rings (SSSR count). The molecule has 36 heavy (non-hydrogen) atoms. The molecule has 3 aliphatic rings. The topological polar surface area (TPSA) is 65.9 Å². The van der Waals surface area contributed by atoms with Crippen LogP contribution in [-0.2, 0) is 4.79 Å². The Morgan fingerprint density at radius 1 is 1.08 bits per heavy atom. The summed E-state index contributed by atoms with van der Waals surface area (Å²) >= 11 is 0. The van der Waals surface area contributed by atoms with Gasteiger partial charge in [-0.25, -0.2) is 0 Å². The fourth-order valence-electron chi connectivity index (χ4n) is 6.57. The first-order chi connectivity index (χ1) is 17.1. The standard InChI is InChI=1S/C30H41N3O3/c1-19-8-10-26(21(3)13-19)22(4)36-27-11-9-20(2)28(31-27)33-17-24(18-33)23-7-6-12-32(16-23)25-14-30(5,15-25)29(34)35/h8-11,13,22-25H,6-7,12,14-18H2,1-5H3,(H,34,35)/t22-,23+,25?,30?/m1/s1. The van der Waals surface area contributed by atoms with Crippen molar-refractivity contribution in [2.45, 2.75) is 72.4 Å². The first-order valence-corrected chi connectivity index (χ1v) is 13.6. The number of nitrogens with zero attached hydrogens (tertiary/aromatic N) is 3. The third kappa shape index (κ3) is 4.84. The Labute approximate surface area is 215 Å². The van der Waals surface area contributed by atoms with Crippen LogP contribution in [0.5, 0.6) is 5.88 Å². The predicted octanol–water partition coefficient (Wildman–Crippen LogP) is 5.55. The molecule has 1 aromatic carbocycles. The number of carbonyl (C=O) groups is 1. The van der Waals surface area contributed by atoms with E-state index in [1.54, 1.807) is 0 Å². The maximum atomic E-state index is 11.5. The van der Waals surface area contributed by atoms with Gasteiger partial charge in [-0.15, -0.1) is 0 Å². The van der Waals surface area contributed by atoms with E-state index in [2.05, 4.69) is 61.8 Å². The molecule has 1 aromatic heterocycles. The summed E-state index contributed by atoms with van der Waals surface area (Å²) in [4.78, 5) is 21.4. The van der Waals surface area contributed by atoms with Gasteiger partial charge in [0.25, 0.3) is 0 Å². The highest BCUT2D eigenvalue weighted by Gasteiger charge is 2.49. The zero-order valence-corrected chi connectivity index (χ0v) is 22.5. The van der Waals surface area contributed by atoms with Crippen molar-refractivity contribution in [2.24, 2.45) is 17.3 Å². The first-order valence-electron chi connectivity index (χ1n) is 13.6. The molecular formula is C30H41N3O3. The van der Waals surface area contributed by atoms with Gasteiger partial charge in [0.2, 0.25) is 5.88 Å². The van der Waals surface area contributed by atoms with E-state index in [0.29, 0.717) is 23.8 Å². The second-order valence-corrected chi connectivity index (χ2v) is 11.9. The number of carboxylic acid groups (broad SMARTS) is 1. The summed E-state index contributed by atoms with van der Waals surface area (Å²) < 4.78 is 6.29. The van der Waals surface area contributed by atoms with Gasteiger partial charge in [-0.1, -0.05) is 29.8 Å².